The Morgan fingerprint density at radius 3 is 2.80 bits per heavy atom. The first-order valence-electron chi connectivity index (χ1n) is 6.52. The van der Waals surface area contributed by atoms with E-state index in [2.05, 4.69) is 32.9 Å². The molecule has 0 aliphatic carbocycles. The Labute approximate surface area is 127 Å². The highest BCUT2D eigenvalue weighted by molar-refractivity contribution is 9.08. The minimum Gasteiger partial charge on any atom is -0.493 e. The monoisotopic (exact) mass is 339 g/mol. The average Bonchev–Trinajstić information content (AvgIpc) is 2.88. The fraction of sp³-hybridized carbons (Fsp3) is 0.429. The molecule has 5 nitrogen and oxygen atoms in total. The molecule has 0 saturated carbocycles. The van der Waals surface area contributed by atoms with Crippen LogP contribution in [0.25, 0.3) is 0 Å². The van der Waals surface area contributed by atoms with Gasteiger partial charge in [0.05, 0.1) is 6.61 Å². The molecule has 2 aromatic rings. The molecule has 6 heteroatoms. The average molecular weight is 340 g/mol. The Balaban J connectivity index is 2.09. The first-order chi connectivity index (χ1) is 9.74. The Bertz CT molecular complexity index is 557. The highest BCUT2D eigenvalue weighted by Gasteiger charge is 2.08. The van der Waals surface area contributed by atoms with Crippen LogP contribution in [0.2, 0.25) is 0 Å². The first kappa shape index (κ1) is 14.8. The minimum atomic E-state index is 0.383. The summed E-state index contributed by atoms with van der Waals surface area (Å²) in [5.74, 6) is 2.41. The van der Waals surface area contributed by atoms with Crippen LogP contribution < -0.4 is 9.47 Å². The lowest BCUT2D eigenvalue weighted by molar-refractivity contribution is 0.281. The summed E-state index contributed by atoms with van der Waals surface area (Å²) in [4.78, 5) is 4.14. The number of halogens is 1. The summed E-state index contributed by atoms with van der Waals surface area (Å²) in [5, 5.41) is 4.75. The van der Waals surface area contributed by atoms with Gasteiger partial charge in [0.25, 0.3) is 0 Å². The van der Waals surface area contributed by atoms with Crippen molar-refractivity contribution < 1.29 is 9.47 Å². The number of rotatable bonds is 7. The largest absolute Gasteiger partial charge is 0.493 e. The van der Waals surface area contributed by atoms with E-state index in [1.807, 2.05) is 25.2 Å². The van der Waals surface area contributed by atoms with E-state index in [-0.39, 0.29) is 0 Å². The number of nitrogens with zero attached hydrogens (tertiary/aromatic N) is 3. The van der Waals surface area contributed by atoms with Crippen molar-refractivity contribution >= 4 is 15.9 Å². The van der Waals surface area contributed by atoms with Crippen LogP contribution in [0.15, 0.2) is 24.5 Å². The van der Waals surface area contributed by atoms with Crippen LogP contribution in [0.4, 0.5) is 0 Å². The van der Waals surface area contributed by atoms with Gasteiger partial charge in [0.2, 0.25) is 0 Å². The van der Waals surface area contributed by atoms with Crippen LogP contribution >= 0.6 is 15.9 Å². The Morgan fingerprint density at radius 2 is 2.15 bits per heavy atom. The second-order valence-electron chi connectivity index (χ2n) is 4.34. The van der Waals surface area contributed by atoms with Crippen LogP contribution in [-0.2, 0) is 19.0 Å². The predicted octanol–water partition coefficient (Wildman–Crippen LogP) is 3.08. The number of aryl methyl sites for hydroxylation is 1. The number of alkyl halides is 1. The first-order valence-corrected chi connectivity index (χ1v) is 7.64. The third-order valence-electron chi connectivity index (χ3n) is 2.82. The fourth-order valence-corrected chi connectivity index (χ4v) is 2.15. The maximum absolute atomic E-state index is 5.84. The van der Waals surface area contributed by atoms with Gasteiger partial charge in [0.15, 0.2) is 5.82 Å². The van der Waals surface area contributed by atoms with E-state index in [0.717, 1.165) is 34.6 Å². The Morgan fingerprint density at radius 1 is 1.30 bits per heavy atom. The summed E-state index contributed by atoms with van der Waals surface area (Å²) in [6.07, 6.45) is 2.50. The van der Waals surface area contributed by atoms with Gasteiger partial charge in [-0.2, -0.15) is 5.10 Å². The van der Waals surface area contributed by atoms with Gasteiger partial charge < -0.3 is 9.47 Å². The smallest absolute Gasteiger partial charge is 0.164 e. The lowest BCUT2D eigenvalue weighted by atomic mass is 10.2. The summed E-state index contributed by atoms with van der Waals surface area (Å²) in [7, 11) is 1.85. The molecule has 0 unspecified atom stereocenters. The zero-order valence-corrected chi connectivity index (χ0v) is 13.3. The lowest BCUT2D eigenvalue weighted by Crippen LogP contribution is -2.05. The minimum absolute atomic E-state index is 0.383. The predicted molar refractivity (Wildman–Crippen MR) is 80.2 cm³/mol. The quantitative estimate of drug-likeness (QED) is 0.727. The van der Waals surface area contributed by atoms with Gasteiger partial charge in [-0.1, -0.05) is 28.9 Å². The molecule has 0 N–H and O–H groups in total. The van der Waals surface area contributed by atoms with E-state index in [1.165, 1.54) is 6.33 Å². The third-order valence-corrected chi connectivity index (χ3v) is 3.42. The molecule has 2 rings (SSSR count). The Kier molecular flexibility index (Phi) is 5.40. The van der Waals surface area contributed by atoms with Crippen LogP contribution in [0.1, 0.15) is 24.7 Å². The van der Waals surface area contributed by atoms with Crippen molar-refractivity contribution in [3.8, 4) is 11.5 Å². The molecule has 20 heavy (non-hydrogen) atoms. The molecular weight excluding hydrogens is 322 g/mol. The van der Waals surface area contributed by atoms with Crippen LogP contribution in [-0.4, -0.2) is 21.4 Å². The number of hydrogen-bond donors (Lipinski definition) is 0. The second-order valence-corrected chi connectivity index (χ2v) is 4.90. The molecule has 1 heterocycles. The zero-order chi connectivity index (χ0) is 14.4. The Hall–Kier alpha value is -1.56. The van der Waals surface area contributed by atoms with E-state index in [0.29, 0.717) is 13.2 Å². The molecule has 0 aliphatic heterocycles. The summed E-state index contributed by atoms with van der Waals surface area (Å²) >= 11 is 3.46. The summed E-state index contributed by atoms with van der Waals surface area (Å²) < 4.78 is 13.2. The van der Waals surface area contributed by atoms with Gasteiger partial charge in [-0.15, -0.1) is 0 Å². The maximum atomic E-state index is 5.84. The number of hydrogen-bond acceptors (Lipinski definition) is 4. The summed E-state index contributed by atoms with van der Waals surface area (Å²) in [6.45, 7) is 3.17. The van der Waals surface area contributed by atoms with E-state index in [9.17, 15) is 0 Å². The van der Waals surface area contributed by atoms with E-state index in [4.69, 9.17) is 9.47 Å². The number of aromatic nitrogens is 3. The molecule has 0 spiro atoms. The van der Waals surface area contributed by atoms with E-state index in [1.54, 1.807) is 4.68 Å². The lowest BCUT2D eigenvalue weighted by Gasteiger charge is -2.12. The van der Waals surface area contributed by atoms with E-state index >= 15 is 0 Å². The van der Waals surface area contributed by atoms with Crippen molar-refractivity contribution in [1.82, 2.24) is 14.8 Å². The summed E-state index contributed by atoms with van der Waals surface area (Å²) in [6, 6.07) is 5.88. The van der Waals surface area contributed by atoms with Gasteiger partial charge in [-0.3, -0.25) is 4.68 Å². The number of benzene rings is 1. The van der Waals surface area contributed by atoms with Crippen molar-refractivity contribution in [2.45, 2.75) is 25.3 Å². The van der Waals surface area contributed by atoms with Crippen molar-refractivity contribution in [3.63, 3.8) is 0 Å². The van der Waals surface area contributed by atoms with Gasteiger partial charge in [0.1, 0.15) is 24.4 Å². The maximum Gasteiger partial charge on any atom is 0.164 e. The molecule has 0 amide bonds. The van der Waals surface area contributed by atoms with Gasteiger partial charge in [0, 0.05) is 24.0 Å². The fourth-order valence-electron chi connectivity index (χ4n) is 1.68. The van der Waals surface area contributed by atoms with Crippen molar-refractivity contribution in [2.75, 3.05) is 6.61 Å². The molecule has 1 aromatic heterocycles. The molecule has 0 saturated heterocycles. The zero-order valence-electron chi connectivity index (χ0n) is 11.7. The standard InChI is InChI=1S/C14H18BrN3O2/c1-3-6-19-12-5-4-11(8-15)13(7-12)20-9-14-16-10-17-18(14)2/h4-5,7,10H,3,6,8-9H2,1-2H3. The van der Waals surface area contributed by atoms with Crippen LogP contribution in [0, 0.1) is 0 Å². The number of ether oxygens (including phenoxy) is 2. The van der Waals surface area contributed by atoms with Crippen molar-refractivity contribution in [2.24, 2.45) is 7.05 Å². The summed E-state index contributed by atoms with van der Waals surface area (Å²) in [5.41, 5.74) is 1.08. The molecule has 0 radical (unpaired) electrons. The van der Waals surface area contributed by atoms with Crippen molar-refractivity contribution in [3.05, 3.63) is 35.9 Å². The van der Waals surface area contributed by atoms with Crippen LogP contribution in [0.3, 0.4) is 0 Å². The molecule has 0 bridgehead atoms. The highest BCUT2D eigenvalue weighted by Crippen LogP contribution is 2.27. The second kappa shape index (κ2) is 7.28. The van der Waals surface area contributed by atoms with Gasteiger partial charge in [-0.25, -0.2) is 4.98 Å². The molecule has 0 aliphatic rings. The molecule has 0 fully saturated rings. The van der Waals surface area contributed by atoms with Crippen molar-refractivity contribution in [1.29, 1.82) is 0 Å². The van der Waals surface area contributed by atoms with Gasteiger partial charge in [-0.05, 0) is 12.5 Å². The molecule has 108 valence electrons. The van der Waals surface area contributed by atoms with Crippen LogP contribution in [0.5, 0.6) is 11.5 Å². The SMILES string of the molecule is CCCOc1ccc(CBr)c(OCc2ncnn2C)c1. The molecular formula is C14H18BrN3O2. The highest BCUT2D eigenvalue weighted by atomic mass is 79.9. The topological polar surface area (TPSA) is 49.2 Å². The molecule has 1 aromatic carbocycles. The normalized spacial score (nSPS) is 10.6. The van der Waals surface area contributed by atoms with E-state index < -0.39 is 0 Å². The molecule has 0 atom stereocenters. The van der Waals surface area contributed by atoms with Gasteiger partial charge >= 0.3 is 0 Å². The third kappa shape index (κ3) is 3.72.